The van der Waals surface area contributed by atoms with Gasteiger partial charge in [0.25, 0.3) is 0 Å². The first kappa shape index (κ1) is 11.7. The molecule has 0 aromatic heterocycles. The number of aryl methyl sites for hydroxylation is 1. The van der Waals surface area contributed by atoms with Gasteiger partial charge in [-0.3, -0.25) is 0 Å². The molecule has 0 radical (unpaired) electrons. The number of ether oxygens (including phenoxy) is 1. The van der Waals surface area contributed by atoms with Crippen molar-refractivity contribution in [2.24, 2.45) is 0 Å². The number of carbonyl (C=O) groups is 1. The topological polar surface area (TPSA) is 46.5 Å². The van der Waals surface area contributed by atoms with Crippen LogP contribution in [0.25, 0.3) is 0 Å². The third-order valence-corrected chi connectivity index (χ3v) is 2.69. The molecule has 1 unspecified atom stereocenters. The van der Waals surface area contributed by atoms with Gasteiger partial charge in [-0.2, -0.15) is 0 Å². The van der Waals surface area contributed by atoms with Gasteiger partial charge in [0, 0.05) is 13.5 Å². The Bertz CT molecular complexity index is 360. The summed E-state index contributed by atoms with van der Waals surface area (Å²) in [6, 6.07) is 7.73. The second-order valence-corrected chi connectivity index (χ2v) is 3.84. The van der Waals surface area contributed by atoms with Gasteiger partial charge in [0.15, 0.2) is 5.60 Å². The molecule has 1 N–H and O–H groups in total. The molecule has 0 saturated carbocycles. The van der Waals surface area contributed by atoms with E-state index in [0.29, 0.717) is 6.42 Å². The van der Waals surface area contributed by atoms with Crippen LogP contribution in [0.2, 0.25) is 0 Å². The molecule has 0 fully saturated rings. The smallest absolute Gasteiger partial charge is 0.336 e. The Kier molecular flexibility index (Phi) is 3.48. The van der Waals surface area contributed by atoms with Crippen molar-refractivity contribution in [1.82, 2.24) is 0 Å². The van der Waals surface area contributed by atoms with Crippen LogP contribution in [0.3, 0.4) is 0 Å². The molecule has 0 aliphatic heterocycles. The van der Waals surface area contributed by atoms with Gasteiger partial charge < -0.3 is 9.84 Å². The Morgan fingerprint density at radius 1 is 1.47 bits per heavy atom. The number of benzene rings is 1. The van der Waals surface area contributed by atoms with Gasteiger partial charge in [-0.1, -0.05) is 24.3 Å². The highest BCUT2D eigenvalue weighted by Crippen LogP contribution is 2.19. The molecule has 1 aromatic rings. The van der Waals surface area contributed by atoms with E-state index < -0.39 is 11.6 Å². The number of carboxylic acids is 1. The molecule has 1 rings (SSSR count). The number of methoxy groups -OCH3 is 1. The zero-order valence-corrected chi connectivity index (χ0v) is 9.28. The van der Waals surface area contributed by atoms with E-state index in [1.165, 1.54) is 7.11 Å². The molecule has 0 amide bonds. The minimum atomic E-state index is -1.15. The third-order valence-electron chi connectivity index (χ3n) is 2.69. The van der Waals surface area contributed by atoms with E-state index in [0.717, 1.165) is 11.1 Å². The lowest BCUT2D eigenvalue weighted by Crippen LogP contribution is -2.39. The highest BCUT2D eigenvalue weighted by Gasteiger charge is 2.33. The summed E-state index contributed by atoms with van der Waals surface area (Å²) in [5.74, 6) is -0.937. The minimum absolute atomic E-state index is 0.380. The van der Waals surface area contributed by atoms with Gasteiger partial charge in [0.05, 0.1) is 0 Å². The molecule has 82 valence electrons. The van der Waals surface area contributed by atoms with E-state index in [1.54, 1.807) is 6.92 Å². The number of rotatable bonds is 4. The normalized spacial score (nSPS) is 14.6. The largest absolute Gasteiger partial charge is 0.479 e. The summed E-state index contributed by atoms with van der Waals surface area (Å²) in [7, 11) is 1.42. The molecule has 0 bridgehead atoms. The second-order valence-electron chi connectivity index (χ2n) is 3.84. The predicted octanol–water partition coefficient (Wildman–Crippen LogP) is 2.03. The third kappa shape index (κ3) is 2.57. The van der Waals surface area contributed by atoms with Crippen LogP contribution in [0, 0.1) is 6.92 Å². The highest BCUT2D eigenvalue weighted by molar-refractivity contribution is 5.77. The van der Waals surface area contributed by atoms with E-state index in [4.69, 9.17) is 9.84 Å². The van der Waals surface area contributed by atoms with E-state index in [1.807, 2.05) is 31.2 Å². The molecule has 0 aliphatic rings. The van der Waals surface area contributed by atoms with Gasteiger partial charge in [-0.25, -0.2) is 4.79 Å². The lowest BCUT2D eigenvalue weighted by Gasteiger charge is -2.23. The van der Waals surface area contributed by atoms with E-state index in [2.05, 4.69) is 0 Å². The summed E-state index contributed by atoms with van der Waals surface area (Å²) in [6.07, 6.45) is 0.380. The first-order valence-corrected chi connectivity index (χ1v) is 4.82. The first-order valence-electron chi connectivity index (χ1n) is 4.82. The van der Waals surface area contributed by atoms with Crippen molar-refractivity contribution < 1.29 is 14.6 Å². The van der Waals surface area contributed by atoms with E-state index >= 15 is 0 Å². The van der Waals surface area contributed by atoms with Gasteiger partial charge in [0.2, 0.25) is 0 Å². The fourth-order valence-electron chi connectivity index (χ4n) is 1.41. The molecule has 3 nitrogen and oxygen atoms in total. The van der Waals surface area contributed by atoms with Crippen LogP contribution >= 0.6 is 0 Å². The fraction of sp³-hybridized carbons (Fsp3) is 0.417. The van der Waals surface area contributed by atoms with Crippen LogP contribution in [-0.4, -0.2) is 23.8 Å². The van der Waals surface area contributed by atoms with Gasteiger partial charge in [0.1, 0.15) is 0 Å². The molecule has 0 aliphatic carbocycles. The number of hydrogen-bond donors (Lipinski definition) is 1. The maximum absolute atomic E-state index is 11.0. The van der Waals surface area contributed by atoms with Crippen molar-refractivity contribution in [2.75, 3.05) is 7.11 Å². The molecule has 1 aromatic carbocycles. The minimum Gasteiger partial charge on any atom is -0.479 e. The molecular weight excluding hydrogens is 192 g/mol. The fourth-order valence-corrected chi connectivity index (χ4v) is 1.41. The average Bonchev–Trinajstić information content (AvgIpc) is 2.21. The summed E-state index contributed by atoms with van der Waals surface area (Å²) < 4.78 is 5.06. The van der Waals surface area contributed by atoms with Crippen LogP contribution in [0.15, 0.2) is 24.3 Å². The Balaban J connectivity index is 2.94. The average molecular weight is 208 g/mol. The molecule has 0 spiro atoms. The van der Waals surface area contributed by atoms with Crippen LogP contribution < -0.4 is 0 Å². The number of carboxylic acid groups (broad SMARTS) is 1. The van der Waals surface area contributed by atoms with Crippen molar-refractivity contribution in [3.63, 3.8) is 0 Å². The summed E-state index contributed by atoms with van der Waals surface area (Å²) in [6.45, 7) is 3.55. The molecule has 1 atom stereocenters. The maximum atomic E-state index is 11.0. The summed E-state index contributed by atoms with van der Waals surface area (Å²) in [5.41, 5.74) is 0.942. The number of hydrogen-bond acceptors (Lipinski definition) is 2. The predicted molar refractivity (Wildman–Crippen MR) is 57.9 cm³/mol. The Morgan fingerprint density at radius 2 is 2.07 bits per heavy atom. The SMILES string of the molecule is COC(C)(Cc1ccccc1C)C(=O)O. The summed E-state index contributed by atoms with van der Waals surface area (Å²) in [5, 5.41) is 9.06. The van der Waals surface area contributed by atoms with Crippen LogP contribution in [0.5, 0.6) is 0 Å². The highest BCUT2D eigenvalue weighted by atomic mass is 16.5. The van der Waals surface area contributed by atoms with Gasteiger partial charge >= 0.3 is 5.97 Å². The molecule has 0 saturated heterocycles. The van der Waals surface area contributed by atoms with Gasteiger partial charge in [-0.05, 0) is 25.0 Å². The standard InChI is InChI=1S/C12H16O3/c1-9-6-4-5-7-10(9)8-12(2,15-3)11(13)14/h4-7H,8H2,1-3H3,(H,13,14). The van der Waals surface area contributed by atoms with E-state index in [-0.39, 0.29) is 0 Å². The molecular formula is C12H16O3. The van der Waals surface area contributed by atoms with Gasteiger partial charge in [-0.15, -0.1) is 0 Å². The summed E-state index contributed by atoms with van der Waals surface area (Å²) >= 11 is 0. The maximum Gasteiger partial charge on any atom is 0.336 e. The summed E-state index contributed by atoms with van der Waals surface area (Å²) in [4.78, 5) is 11.0. The lowest BCUT2D eigenvalue weighted by molar-refractivity contribution is -0.159. The van der Waals surface area contributed by atoms with Crippen LogP contribution in [0.4, 0.5) is 0 Å². The zero-order valence-electron chi connectivity index (χ0n) is 9.28. The molecule has 0 heterocycles. The first-order chi connectivity index (χ1) is 6.99. The van der Waals surface area contributed by atoms with Crippen molar-refractivity contribution in [3.8, 4) is 0 Å². The Morgan fingerprint density at radius 3 is 2.53 bits per heavy atom. The zero-order chi connectivity index (χ0) is 11.5. The van der Waals surface area contributed by atoms with Crippen LogP contribution in [0.1, 0.15) is 18.1 Å². The van der Waals surface area contributed by atoms with E-state index in [9.17, 15) is 4.79 Å². The van der Waals surface area contributed by atoms with Crippen molar-refractivity contribution >= 4 is 5.97 Å². The Labute approximate surface area is 89.7 Å². The van der Waals surface area contributed by atoms with Crippen molar-refractivity contribution in [3.05, 3.63) is 35.4 Å². The molecule has 15 heavy (non-hydrogen) atoms. The quantitative estimate of drug-likeness (QED) is 0.823. The monoisotopic (exact) mass is 208 g/mol. The second kappa shape index (κ2) is 4.45. The van der Waals surface area contributed by atoms with Crippen molar-refractivity contribution in [2.45, 2.75) is 25.9 Å². The lowest BCUT2D eigenvalue weighted by atomic mass is 9.94. The Hall–Kier alpha value is -1.35. The molecule has 3 heteroatoms. The van der Waals surface area contributed by atoms with Crippen LogP contribution in [-0.2, 0) is 16.0 Å². The number of aliphatic carboxylic acids is 1. The van der Waals surface area contributed by atoms with Crippen molar-refractivity contribution in [1.29, 1.82) is 0 Å².